The van der Waals surface area contributed by atoms with Gasteiger partial charge in [0.05, 0.1) is 18.2 Å². The third-order valence-electron chi connectivity index (χ3n) is 6.03. The second-order valence-electron chi connectivity index (χ2n) is 8.29. The lowest BCUT2D eigenvalue weighted by Gasteiger charge is -2.57. The van der Waals surface area contributed by atoms with Crippen LogP contribution in [-0.2, 0) is 11.8 Å². The molecule has 6 heteroatoms. The van der Waals surface area contributed by atoms with Crippen molar-refractivity contribution in [3.05, 3.63) is 43.0 Å². The Morgan fingerprint density at radius 3 is 2.67 bits per heavy atom. The number of benzene rings is 1. The first kappa shape index (κ1) is 16.4. The van der Waals surface area contributed by atoms with E-state index in [0.29, 0.717) is 11.2 Å². The van der Waals surface area contributed by atoms with Gasteiger partial charge in [-0.1, -0.05) is 12.1 Å². The predicted octanol–water partition coefficient (Wildman–Crippen LogP) is 2.92. The molecule has 0 radical (unpaired) electrons. The van der Waals surface area contributed by atoms with E-state index in [-0.39, 0.29) is 11.8 Å². The first-order chi connectivity index (χ1) is 13.0. The standard InChI is InChI=1S/C21H23N5O/c1-25-11-21(12-25)7-17(8-21)20(27)24-19-6-16-5-14(3-4-15(16)9-23-19)18-10-22-13-26(18)2/h3-6,9-10,13,17H,7-8,11-12H2,1-2H3,(H,23,24,27). The van der Waals surface area contributed by atoms with Crippen LogP contribution in [0, 0.1) is 11.3 Å². The molecule has 2 aliphatic rings. The minimum atomic E-state index is 0.102. The van der Waals surface area contributed by atoms with Gasteiger partial charge >= 0.3 is 0 Å². The maximum Gasteiger partial charge on any atom is 0.228 e. The summed E-state index contributed by atoms with van der Waals surface area (Å²) in [4.78, 5) is 23.5. The van der Waals surface area contributed by atoms with Gasteiger partial charge in [0.15, 0.2) is 0 Å². The zero-order chi connectivity index (χ0) is 18.6. The van der Waals surface area contributed by atoms with Crippen LogP contribution >= 0.6 is 0 Å². The molecule has 1 amide bonds. The van der Waals surface area contributed by atoms with E-state index in [9.17, 15) is 4.79 Å². The topological polar surface area (TPSA) is 63.1 Å². The van der Waals surface area contributed by atoms with Crippen LogP contribution in [0.25, 0.3) is 22.0 Å². The van der Waals surface area contributed by atoms with Gasteiger partial charge in [0.2, 0.25) is 5.91 Å². The Hall–Kier alpha value is -2.73. The molecule has 1 spiro atoms. The largest absolute Gasteiger partial charge is 0.334 e. The highest BCUT2D eigenvalue weighted by Gasteiger charge is 2.53. The lowest BCUT2D eigenvalue weighted by atomic mass is 9.57. The molecule has 27 heavy (non-hydrogen) atoms. The van der Waals surface area contributed by atoms with Crippen molar-refractivity contribution < 1.29 is 4.79 Å². The highest BCUT2D eigenvalue weighted by atomic mass is 16.2. The van der Waals surface area contributed by atoms with Crippen molar-refractivity contribution in [1.82, 2.24) is 19.4 Å². The minimum absolute atomic E-state index is 0.102. The summed E-state index contributed by atoms with van der Waals surface area (Å²) >= 11 is 0. The van der Waals surface area contributed by atoms with E-state index >= 15 is 0 Å². The Kier molecular flexibility index (Phi) is 3.59. The van der Waals surface area contributed by atoms with E-state index < -0.39 is 0 Å². The van der Waals surface area contributed by atoms with Crippen molar-refractivity contribution in [3.63, 3.8) is 0 Å². The number of carbonyl (C=O) groups excluding carboxylic acids is 1. The molecule has 138 valence electrons. The molecular weight excluding hydrogens is 338 g/mol. The molecule has 0 atom stereocenters. The molecule has 1 saturated heterocycles. The zero-order valence-electron chi connectivity index (χ0n) is 15.6. The molecule has 3 heterocycles. The van der Waals surface area contributed by atoms with Crippen LogP contribution in [0.5, 0.6) is 0 Å². The summed E-state index contributed by atoms with van der Waals surface area (Å²) in [5.41, 5.74) is 2.57. The van der Waals surface area contributed by atoms with Gasteiger partial charge in [0.1, 0.15) is 5.82 Å². The molecule has 3 aromatic rings. The first-order valence-electron chi connectivity index (χ1n) is 9.37. The van der Waals surface area contributed by atoms with Gasteiger partial charge in [0.25, 0.3) is 0 Å². The molecule has 1 N–H and O–H groups in total. The normalized spacial score (nSPS) is 19.0. The summed E-state index contributed by atoms with van der Waals surface area (Å²) in [5, 5.41) is 5.13. The van der Waals surface area contributed by atoms with Crippen LogP contribution < -0.4 is 5.32 Å². The van der Waals surface area contributed by atoms with Gasteiger partial charge < -0.3 is 14.8 Å². The third kappa shape index (κ3) is 2.80. The number of aromatic nitrogens is 3. The molecule has 5 rings (SSSR count). The first-order valence-corrected chi connectivity index (χ1v) is 9.37. The van der Waals surface area contributed by atoms with Crippen LogP contribution in [0.4, 0.5) is 5.82 Å². The number of imidazole rings is 1. The van der Waals surface area contributed by atoms with E-state index in [1.165, 1.54) is 0 Å². The van der Waals surface area contributed by atoms with Gasteiger partial charge in [0, 0.05) is 43.2 Å². The number of nitrogens with one attached hydrogen (secondary N) is 1. The molecule has 0 unspecified atom stereocenters. The highest BCUT2D eigenvalue weighted by Crippen LogP contribution is 2.51. The zero-order valence-corrected chi connectivity index (χ0v) is 15.6. The second kappa shape index (κ2) is 5.89. The summed E-state index contributed by atoms with van der Waals surface area (Å²) in [5.74, 6) is 0.850. The van der Waals surface area contributed by atoms with Crippen LogP contribution in [0.1, 0.15) is 12.8 Å². The maximum atomic E-state index is 12.6. The molecule has 2 aromatic heterocycles. The Balaban J connectivity index is 1.33. The van der Waals surface area contributed by atoms with E-state index in [4.69, 9.17) is 0 Å². The number of nitrogens with zero attached hydrogens (tertiary/aromatic N) is 4. The summed E-state index contributed by atoms with van der Waals surface area (Å²) in [6.45, 7) is 2.25. The van der Waals surface area contributed by atoms with Crippen molar-refractivity contribution in [2.75, 3.05) is 25.5 Å². The molecule has 1 aliphatic heterocycles. The van der Waals surface area contributed by atoms with Crippen molar-refractivity contribution in [1.29, 1.82) is 0 Å². The SMILES string of the molecule is CN1CC2(CC(C(=O)Nc3cc4cc(-c5cncn5C)ccc4cn3)C2)C1. The maximum absolute atomic E-state index is 12.6. The number of aryl methyl sites for hydroxylation is 1. The van der Waals surface area contributed by atoms with Gasteiger partial charge in [-0.3, -0.25) is 4.79 Å². The Bertz CT molecular complexity index is 1030. The molecule has 6 nitrogen and oxygen atoms in total. The summed E-state index contributed by atoms with van der Waals surface area (Å²) in [7, 11) is 4.12. The lowest BCUT2D eigenvalue weighted by molar-refractivity contribution is -0.137. The fourth-order valence-electron chi connectivity index (χ4n) is 4.76. The fourth-order valence-corrected chi connectivity index (χ4v) is 4.76. The fraction of sp³-hybridized carbons (Fsp3) is 0.381. The second-order valence-corrected chi connectivity index (χ2v) is 8.29. The molecule has 1 aromatic carbocycles. The van der Waals surface area contributed by atoms with Gasteiger partial charge in [-0.15, -0.1) is 0 Å². The number of fused-ring (bicyclic) bond motifs is 1. The van der Waals surface area contributed by atoms with E-state index in [1.54, 1.807) is 6.33 Å². The van der Waals surface area contributed by atoms with Crippen molar-refractivity contribution in [2.24, 2.45) is 18.4 Å². The van der Waals surface area contributed by atoms with Crippen LogP contribution in [0.15, 0.2) is 43.0 Å². The number of hydrogen-bond acceptors (Lipinski definition) is 4. The minimum Gasteiger partial charge on any atom is -0.334 e. The van der Waals surface area contributed by atoms with E-state index in [1.807, 2.05) is 30.1 Å². The molecule has 2 fully saturated rings. The van der Waals surface area contributed by atoms with Crippen LogP contribution in [0.2, 0.25) is 0 Å². The molecule has 0 bridgehead atoms. The van der Waals surface area contributed by atoms with Crippen LogP contribution in [0.3, 0.4) is 0 Å². The van der Waals surface area contributed by atoms with Gasteiger partial charge in [-0.25, -0.2) is 9.97 Å². The highest BCUT2D eigenvalue weighted by molar-refractivity contribution is 5.95. The molecule has 1 saturated carbocycles. The van der Waals surface area contributed by atoms with Crippen molar-refractivity contribution in [3.8, 4) is 11.3 Å². The Labute approximate surface area is 158 Å². The van der Waals surface area contributed by atoms with Crippen molar-refractivity contribution >= 4 is 22.5 Å². The smallest absolute Gasteiger partial charge is 0.228 e. The molecule has 1 aliphatic carbocycles. The average Bonchev–Trinajstić information content (AvgIpc) is 3.02. The van der Waals surface area contributed by atoms with Gasteiger partial charge in [-0.2, -0.15) is 0 Å². The summed E-state index contributed by atoms with van der Waals surface area (Å²) in [6, 6.07) is 8.20. The number of carbonyl (C=O) groups is 1. The van der Waals surface area contributed by atoms with E-state index in [2.05, 4.69) is 45.4 Å². The predicted molar refractivity (Wildman–Crippen MR) is 105 cm³/mol. The molecular formula is C21H23N5O. The number of anilines is 1. The van der Waals surface area contributed by atoms with Crippen LogP contribution in [-0.4, -0.2) is 45.5 Å². The summed E-state index contributed by atoms with van der Waals surface area (Å²) < 4.78 is 2.00. The van der Waals surface area contributed by atoms with Crippen molar-refractivity contribution in [2.45, 2.75) is 12.8 Å². The summed E-state index contributed by atoms with van der Waals surface area (Å²) in [6.07, 6.45) is 7.47. The van der Waals surface area contributed by atoms with Gasteiger partial charge in [-0.05, 0) is 42.8 Å². The number of amides is 1. The number of hydrogen-bond donors (Lipinski definition) is 1. The Morgan fingerprint density at radius 1 is 1.15 bits per heavy atom. The quantitative estimate of drug-likeness (QED) is 0.779. The lowest BCUT2D eigenvalue weighted by Crippen LogP contribution is -2.62. The Morgan fingerprint density at radius 2 is 1.96 bits per heavy atom. The van der Waals surface area contributed by atoms with E-state index in [0.717, 1.165) is 48.0 Å². The monoisotopic (exact) mass is 361 g/mol. The number of pyridine rings is 1. The number of rotatable bonds is 3. The average molecular weight is 361 g/mol. The number of likely N-dealkylation sites (tertiary alicyclic amines) is 1. The third-order valence-corrected chi connectivity index (χ3v) is 6.03.